The van der Waals surface area contributed by atoms with Gasteiger partial charge in [-0.15, -0.1) is 0 Å². The van der Waals surface area contributed by atoms with Gasteiger partial charge in [-0.2, -0.15) is 5.10 Å². The van der Waals surface area contributed by atoms with E-state index < -0.39 is 14.1 Å². The van der Waals surface area contributed by atoms with Gasteiger partial charge in [-0.25, -0.2) is 0 Å². The predicted molar refractivity (Wildman–Crippen MR) is 171 cm³/mol. The molecule has 4 rings (SSSR count). The second-order valence-electron chi connectivity index (χ2n) is 13.3. The monoisotopic (exact) mass is 592 g/mol. The van der Waals surface area contributed by atoms with Crippen molar-refractivity contribution in [3.8, 4) is 0 Å². The zero-order chi connectivity index (χ0) is 30.4. The Kier molecular flexibility index (Phi) is 10.4. The fourth-order valence-corrected chi connectivity index (χ4v) is 6.16. The standard InChI is InChI=1S/C32H48N6O3Si/c1-21(2)38-27(15-16-35-38)31(39)37-30(28(23-7-8-23)24-9-10-24)32(40)36-26-13-11-25(12-14-26)29(22(3)19-33)34-20-41-17-18-42(4,5)6/h11-16,19,21,23-24,28,30,33-34H,7-10,17-18,20H2,1-6H3,(H,36,40)(H,37,39)/b29-22-,33-19?/t30-/m0/s1. The third-order valence-corrected chi connectivity index (χ3v) is 9.78. The highest BCUT2D eigenvalue weighted by molar-refractivity contribution is 6.76. The Labute approximate surface area is 251 Å². The molecule has 0 spiro atoms. The maximum atomic E-state index is 13.8. The van der Waals surface area contributed by atoms with Crippen LogP contribution in [0.25, 0.3) is 5.70 Å². The molecule has 2 amide bonds. The van der Waals surface area contributed by atoms with Gasteiger partial charge in [0.15, 0.2) is 0 Å². The summed E-state index contributed by atoms with van der Waals surface area (Å²) in [6, 6.07) is 9.83. The van der Waals surface area contributed by atoms with Crippen LogP contribution < -0.4 is 16.0 Å². The third kappa shape index (κ3) is 8.64. The molecule has 0 unspecified atom stereocenters. The van der Waals surface area contributed by atoms with Crippen molar-refractivity contribution in [1.82, 2.24) is 20.4 Å². The summed E-state index contributed by atoms with van der Waals surface area (Å²) in [7, 11) is -1.16. The van der Waals surface area contributed by atoms with Gasteiger partial charge in [0.25, 0.3) is 5.91 Å². The first-order valence-electron chi connectivity index (χ1n) is 15.3. The van der Waals surface area contributed by atoms with Crippen molar-refractivity contribution in [3.63, 3.8) is 0 Å². The van der Waals surface area contributed by atoms with Crippen LogP contribution in [0.2, 0.25) is 25.7 Å². The average Bonchev–Trinajstić information content (AvgIpc) is 3.89. The van der Waals surface area contributed by atoms with Crippen LogP contribution in [0.1, 0.15) is 68.5 Å². The number of aromatic nitrogens is 2. The number of benzene rings is 1. The molecule has 0 saturated heterocycles. The summed E-state index contributed by atoms with van der Waals surface area (Å²) in [5, 5.41) is 21.6. The molecule has 0 bridgehead atoms. The fourth-order valence-electron chi connectivity index (χ4n) is 5.40. The number of nitrogens with zero attached hydrogens (tertiary/aromatic N) is 2. The molecule has 2 fully saturated rings. The second-order valence-corrected chi connectivity index (χ2v) is 18.9. The van der Waals surface area contributed by atoms with Crippen molar-refractivity contribution < 1.29 is 14.3 Å². The van der Waals surface area contributed by atoms with Crippen LogP contribution in [0.15, 0.2) is 42.1 Å². The quantitative estimate of drug-likeness (QED) is 0.0835. The first-order valence-corrected chi connectivity index (χ1v) is 19.0. The highest BCUT2D eigenvalue weighted by Gasteiger charge is 2.48. The number of amides is 2. The molecule has 1 aromatic carbocycles. The molecule has 228 valence electrons. The molecule has 2 aliphatic carbocycles. The summed E-state index contributed by atoms with van der Waals surface area (Å²) in [4.78, 5) is 27.2. The van der Waals surface area contributed by atoms with Gasteiger partial charge in [0.05, 0.1) is 0 Å². The minimum atomic E-state index is -1.16. The summed E-state index contributed by atoms with van der Waals surface area (Å²) in [6.45, 7) is 13.9. The molecule has 4 N–H and O–H groups in total. The third-order valence-electron chi connectivity index (χ3n) is 8.08. The number of anilines is 1. The number of carbonyl (C=O) groups is 2. The Morgan fingerprint density at radius 2 is 1.74 bits per heavy atom. The van der Waals surface area contributed by atoms with Crippen LogP contribution in [0.4, 0.5) is 5.69 Å². The Morgan fingerprint density at radius 3 is 2.29 bits per heavy atom. The topological polar surface area (TPSA) is 121 Å². The van der Waals surface area contributed by atoms with Crippen LogP contribution in [-0.4, -0.2) is 55.3 Å². The van der Waals surface area contributed by atoms with E-state index in [0.29, 0.717) is 36.6 Å². The zero-order valence-corrected chi connectivity index (χ0v) is 27.0. The van der Waals surface area contributed by atoms with Crippen molar-refractivity contribution in [2.75, 3.05) is 18.7 Å². The van der Waals surface area contributed by atoms with E-state index >= 15 is 0 Å². The molecule has 1 aromatic heterocycles. The number of nitrogens with one attached hydrogen (secondary N) is 4. The maximum absolute atomic E-state index is 13.8. The van der Waals surface area contributed by atoms with E-state index in [0.717, 1.165) is 48.6 Å². The van der Waals surface area contributed by atoms with Crippen molar-refractivity contribution in [2.45, 2.75) is 84.2 Å². The van der Waals surface area contributed by atoms with Gasteiger partial charge >= 0.3 is 0 Å². The van der Waals surface area contributed by atoms with Crippen LogP contribution >= 0.6 is 0 Å². The molecular weight excluding hydrogens is 544 g/mol. The lowest BCUT2D eigenvalue weighted by Crippen LogP contribution is -2.50. The lowest BCUT2D eigenvalue weighted by molar-refractivity contribution is -0.119. The molecule has 0 aliphatic heterocycles. The van der Waals surface area contributed by atoms with E-state index in [9.17, 15) is 9.59 Å². The molecule has 2 aromatic rings. The number of allylic oxidation sites excluding steroid dienone is 1. The van der Waals surface area contributed by atoms with Gasteiger partial charge in [-0.05, 0) is 99.6 Å². The first kappa shape index (κ1) is 31.7. The molecule has 2 aliphatic rings. The van der Waals surface area contributed by atoms with Gasteiger partial charge < -0.3 is 26.1 Å². The lowest BCUT2D eigenvalue weighted by atomic mass is 9.88. The zero-order valence-electron chi connectivity index (χ0n) is 26.0. The molecule has 9 nitrogen and oxygen atoms in total. The van der Waals surface area contributed by atoms with Crippen LogP contribution in [0.3, 0.4) is 0 Å². The molecule has 1 atom stereocenters. The molecular formula is C32H48N6O3Si. The van der Waals surface area contributed by atoms with E-state index in [1.807, 2.05) is 45.0 Å². The lowest BCUT2D eigenvalue weighted by Gasteiger charge is -2.28. The van der Waals surface area contributed by atoms with Crippen molar-refractivity contribution in [3.05, 3.63) is 53.4 Å². The summed E-state index contributed by atoms with van der Waals surface area (Å²) in [5.41, 5.74) is 3.66. The fraction of sp³-hybridized carbons (Fsp3) is 0.562. The smallest absolute Gasteiger partial charge is 0.270 e. The molecule has 0 radical (unpaired) electrons. The van der Waals surface area contributed by atoms with Crippen molar-refractivity contribution in [1.29, 1.82) is 5.41 Å². The van der Waals surface area contributed by atoms with Gasteiger partial charge in [0.2, 0.25) is 5.91 Å². The molecule has 42 heavy (non-hydrogen) atoms. The van der Waals surface area contributed by atoms with Gasteiger partial charge in [-0.3, -0.25) is 14.3 Å². The van der Waals surface area contributed by atoms with Crippen LogP contribution in [0.5, 0.6) is 0 Å². The second kappa shape index (κ2) is 13.8. The van der Waals surface area contributed by atoms with E-state index in [4.69, 9.17) is 10.1 Å². The summed E-state index contributed by atoms with van der Waals surface area (Å²) >= 11 is 0. The average molecular weight is 593 g/mol. The number of rotatable bonds is 16. The minimum Gasteiger partial charge on any atom is -0.362 e. The summed E-state index contributed by atoms with van der Waals surface area (Å²) < 4.78 is 7.52. The van der Waals surface area contributed by atoms with Gasteiger partial charge in [-0.1, -0.05) is 31.8 Å². The summed E-state index contributed by atoms with van der Waals surface area (Å²) in [5.74, 6) is 0.635. The Balaban J connectivity index is 1.45. The largest absolute Gasteiger partial charge is 0.362 e. The highest BCUT2D eigenvalue weighted by atomic mass is 28.3. The van der Waals surface area contributed by atoms with Crippen molar-refractivity contribution >= 4 is 37.5 Å². The van der Waals surface area contributed by atoms with E-state index in [2.05, 4.69) is 40.7 Å². The number of hydrogen-bond donors (Lipinski definition) is 4. The van der Waals surface area contributed by atoms with Crippen LogP contribution in [-0.2, 0) is 9.53 Å². The Hall–Kier alpha value is -3.24. The van der Waals surface area contributed by atoms with Crippen LogP contribution in [0, 0.1) is 23.2 Å². The predicted octanol–water partition coefficient (Wildman–Crippen LogP) is 5.92. The van der Waals surface area contributed by atoms with Gasteiger partial charge in [0.1, 0.15) is 18.5 Å². The summed E-state index contributed by atoms with van der Waals surface area (Å²) in [6.07, 6.45) is 7.38. The first-order chi connectivity index (χ1) is 20.0. The number of hydrogen-bond acceptors (Lipinski definition) is 6. The number of ether oxygens (including phenoxy) is 1. The van der Waals surface area contributed by atoms with E-state index in [1.165, 1.54) is 6.21 Å². The Bertz CT molecular complexity index is 1260. The molecule has 10 heteroatoms. The normalized spacial score (nSPS) is 16.7. The van der Waals surface area contributed by atoms with Gasteiger partial charge in [0, 0.05) is 44.5 Å². The minimum absolute atomic E-state index is 0.0376. The van der Waals surface area contributed by atoms with E-state index in [-0.39, 0.29) is 23.8 Å². The molecule has 2 saturated carbocycles. The SMILES string of the molecule is C/C(C=N)=C(/NCOCC[Si](C)(C)C)c1ccc(NC(=O)[C@@H](NC(=O)c2ccnn2C(C)C)C(C2CC2)C2CC2)cc1. The number of carbonyl (C=O) groups excluding carboxylic acids is 2. The van der Waals surface area contributed by atoms with E-state index in [1.54, 1.807) is 16.9 Å². The Morgan fingerprint density at radius 1 is 1.10 bits per heavy atom. The molecule has 1 heterocycles. The maximum Gasteiger partial charge on any atom is 0.270 e. The van der Waals surface area contributed by atoms with Crippen molar-refractivity contribution in [2.24, 2.45) is 17.8 Å². The highest BCUT2D eigenvalue weighted by Crippen LogP contribution is 2.51.